The van der Waals surface area contributed by atoms with Gasteiger partial charge in [-0.15, -0.1) is 0 Å². The van der Waals surface area contributed by atoms with Gasteiger partial charge >= 0.3 is 0 Å². The van der Waals surface area contributed by atoms with Crippen LogP contribution in [-0.2, 0) is 4.79 Å². The van der Waals surface area contributed by atoms with E-state index in [1.807, 2.05) is 90.4 Å². The SMILES string of the molecule is Cc1[nH]c(C=C2C(=O)Nc3ccc(-c4cnn(-c5ccccc5)c4)cc32)c(C)c1C(=O)N1CCN(C)CC1. The third kappa shape index (κ3) is 4.22. The van der Waals surface area contributed by atoms with Gasteiger partial charge in [0.15, 0.2) is 0 Å². The highest BCUT2D eigenvalue weighted by atomic mass is 16.2. The summed E-state index contributed by atoms with van der Waals surface area (Å²) >= 11 is 0. The highest BCUT2D eigenvalue weighted by Gasteiger charge is 2.28. The molecule has 8 nitrogen and oxygen atoms in total. The third-order valence-corrected chi connectivity index (χ3v) is 7.51. The number of carbonyl (C=O) groups excluding carboxylic acids is 2. The van der Waals surface area contributed by atoms with Crippen LogP contribution in [0.25, 0.3) is 28.5 Å². The second-order valence-electron chi connectivity index (χ2n) is 10.0. The Hall–Kier alpha value is -4.43. The van der Waals surface area contributed by atoms with E-state index in [9.17, 15) is 9.59 Å². The van der Waals surface area contributed by atoms with Crippen molar-refractivity contribution in [3.05, 3.63) is 89.0 Å². The Balaban J connectivity index is 1.32. The number of fused-ring (bicyclic) bond motifs is 1. The summed E-state index contributed by atoms with van der Waals surface area (Å²) < 4.78 is 1.84. The minimum absolute atomic E-state index is 0.0444. The van der Waals surface area contributed by atoms with Crippen molar-refractivity contribution in [1.29, 1.82) is 0 Å². The lowest BCUT2D eigenvalue weighted by Crippen LogP contribution is -2.47. The van der Waals surface area contributed by atoms with Crippen molar-refractivity contribution in [2.24, 2.45) is 0 Å². The Kier molecular flexibility index (Phi) is 5.96. The van der Waals surface area contributed by atoms with Crippen LogP contribution in [0.5, 0.6) is 0 Å². The summed E-state index contributed by atoms with van der Waals surface area (Å²) in [4.78, 5) is 33.9. The van der Waals surface area contributed by atoms with Gasteiger partial charge in [-0.05, 0) is 62.4 Å². The smallest absolute Gasteiger partial charge is 0.256 e. The molecule has 2 aliphatic rings. The number of aryl methyl sites for hydroxylation is 1. The van der Waals surface area contributed by atoms with Crippen LogP contribution in [0, 0.1) is 13.8 Å². The zero-order valence-corrected chi connectivity index (χ0v) is 21.8. The molecule has 2 amide bonds. The molecule has 38 heavy (non-hydrogen) atoms. The van der Waals surface area contributed by atoms with Crippen molar-refractivity contribution < 1.29 is 9.59 Å². The maximum absolute atomic E-state index is 13.3. The summed E-state index contributed by atoms with van der Waals surface area (Å²) in [5.41, 5.74) is 8.24. The Morgan fingerprint density at radius 1 is 1.00 bits per heavy atom. The van der Waals surface area contributed by atoms with Gasteiger partial charge in [0.05, 0.1) is 23.0 Å². The Morgan fingerprint density at radius 2 is 1.76 bits per heavy atom. The molecular weight excluding hydrogens is 476 g/mol. The van der Waals surface area contributed by atoms with Gasteiger partial charge in [-0.1, -0.05) is 24.3 Å². The van der Waals surface area contributed by atoms with Crippen molar-refractivity contribution >= 4 is 29.2 Å². The number of para-hydroxylation sites is 1. The lowest BCUT2D eigenvalue weighted by atomic mass is 9.99. The second kappa shape index (κ2) is 9.46. The van der Waals surface area contributed by atoms with Crippen molar-refractivity contribution in [1.82, 2.24) is 24.6 Å². The molecule has 2 aromatic carbocycles. The first kappa shape index (κ1) is 23.9. The first-order valence-electron chi connectivity index (χ1n) is 12.8. The van der Waals surface area contributed by atoms with E-state index < -0.39 is 0 Å². The molecule has 1 fully saturated rings. The van der Waals surface area contributed by atoms with Crippen LogP contribution in [0.2, 0.25) is 0 Å². The van der Waals surface area contributed by atoms with Gasteiger partial charge in [-0.25, -0.2) is 4.68 Å². The zero-order valence-electron chi connectivity index (χ0n) is 21.8. The van der Waals surface area contributed by atoms with Gasteiger partial charge in [0.25, 0.3) is 11.8 Å². The largest absolute Gasteiger partial charge is 0.358 e. The highest BCUT2D eigenvalue weighted by molar-refractivity contribution is 6.35. The molecule has 2 aliphatic heterocycles. The van der Waals surface area contributed by atoms with Crippen molar-refractivity contribution in [2.45, 2.75) is 13.8 Å². The lowest BCUT2D eigenvalue weighted by Gasteiger charge is -2.32. The highest BCUT2D eigenvalue weighted by Crippen LogP contribution is 2.37. The van der Waals surface area contributed by atoms with E-state index in [1.165, 1.54) is 0 Å². The number of nitrogens with zero attached hydrogens (tertiary/aromatic N) is 4. The Labute approximate surface area is 221 Å². The van der Waals surface area contributed by atoms with Gasteiger partial charge in [-0.3, -0.25) is 9.59 Å². The molecular formula is C30H30N6O2. The summed E-state index contributed by atoms with van der Waals surface area (Å²) in [6, 6.07) is 15.9. The van der Waals surface area contributed by atoms with E-state index in [-0.39, 0.29) is 11.8 Å². The number of benzene rings is 2. The number of aromatic amines is 1. The number of hydrogen-bond donors (Lipinski definition) is 2. The lowest BCUT2D eigenvalue weighted by molar-refractivity contribution is -0.110. The van der Waals surface area contributed by atoms with Gasteiger partial charge in [0.2, 0.25) is 0 Å². The molecule has 0 spiro atoms. The number of H-pyrrole nitrogens is 1. The van der Waals surface area contributed by atoms with Crippen LogP contribution in [0.1, 0.15) is 32.9 Å². The number of amides is 2. The van der Waals surface area contributed by atoms with Gasteiger partial charge in [0.1, 0.15) is 0 Å². The van der Waals surface area contributed by atoms with Gasteiger partial charge in [0, 0.05) is 60.6 Å². The van der Waals surface area contributed by atoms with Crippen molar-refractivity contribution in [3.8, 4) is 16.8 Å². The molecule has 0 aliphatic carbocycles. The fourth-order valence-electron chi connectivity index (χ4n) is 5.26. The minimum Gasteiger partial charge on any atom is -0.358 e. The standard InChI is InChI=1S/C30H30N6O2/c1-19-27(32-20(2)28(19)30(38)35-13-11-34(3)12-14-35)16-25-24-15-21(9-10-26(24)33-29(25)37)22-17-31-36(18-22)23-7-5-4-6-8-23/h4-10,15-18,32H,11-14H2,1-3H3,(H,33,37). The predicted octanol–water partition coefficient (Wildman–Crippen LogP) is 4.36. The maximum Gasteiger partial charge on any atom is 0.256 e. The first-order valence-corrected chi connectivity index (χ1v) is 12.8. The summed E-state index contributed by atoms with van der Waals surface area (Å²) in [6.07, 6.45) is 5.68. The summed E-state index contributed by atoms with van der Waals surface area (Å²) in [5, 5.41) is 7.49. The minimum atomic E-state index is -0.157. The topological polar surface area (TPSA) is 86.3 Å². The normalized spacial score (nSPS) is 16.7. The van der Waals surface area contributed by atoms with Crippen molar-refractivity contribution in [3.63, 3.8) is 0 Å². The molecule has 8 heteroatoms. The van der Waals surface area contributed by atoms with Crippen LogP contribution in [0.15, 0.2) is 60.9 Å². The molecule has 0 atom stereocenters. The van der Waals surface area contributed by atoms with E-state index in [1.54, 1.807) is 0 Å². The molecule has 6 rings (SSSR count). The Bertz CT molecular complexity index is 1570. The van der Waals surface area contributed by atoms with Crippen LogP contribution in [0.4, 0.5) is 5.69 Å². The number of nitrogens with one attached hydrogen (secondary N) is 2. The molecule has 1 saturated heterocycles. The molecule has 4 heterocycles. The third-order valence-electron chi connectivity index (χ3n) is 7.51. The predicted molar refractivity (Wildman–Crippen MR) is 149 cm³/mol. The van der Waals surface area contributed by atoms with Gasteiger partial charge in [-0.2, -0.15) is 5.10 Å². The van der Waals surface area contributed by atoms with Crippen LogP contribution >= 0.6 is 0 Å². The number of carbonyl (C=O) groups is 2. The van der Waals surface area contributed by atoms with Crippen LogP contribution in [0.3, 0.4) is 0 Å². The van der Waals surface area contributed by atoms with E-state index in [2.05, 4.69) is 27.3 Å². The second-order valence-corrected chi connectivity index (χ2v) is 10.0. The van der Waals surface area contributed by atoms with E-state index in [4.69, 9.17) is 0 Å². The number of anilines is 1. The molecule has 0 unspecified atom stereocenters. The van der Waals surface area contributed by atoms with Crippen LogP contribution in [-0.4, -0.2) is 69.6 Å². The number of likely N-dealkylation sites (N-methyl/N-ethyl adjacent to an activating group) is 1. The van der Waals surface area contributed by atoms with Crippen molar-refractivity contribution in [2.75, 3.05) is 38.5 Å². The quantitative estimate of drug-likeness (QED) is 0.403. The summed E-state index contributed by atoms with van der Waals surface area (Å²) in [6.45, 7) is 7.04. The maximum atomic E-state index is 13.3. The molecule has 192 valence electrons. The zero-order chi connectivity index (χ0) is 26.4. The molecule has 2 N–H and O–H groups in total. The number of rotatable bonds is 4. The molecule has 0 radical (unpaired) electrons. The Morgan fingerprint density at radius 3 is 2.53 bits per heavy atom. The molecule has 2 aromatic heterocycles. The number of hydrogen-bond acceptors (Lipinski definition) is 4. The number of aromatic nitrogens is 3. The summed E-state index contributed by atoms with van der Waals surface area (Å²) in [7, 11) is 2.07. The fourth-order valence-corrected chi connectivity index (χ4v) is 5.26. The average Bonchev–Trinajstić information content (AvgIpc) is 3.61. The molecule has 0 bridgehead atoms. The van der Waals surface area contributed by atoms with Gasteiger partial charge < -0.3 is 20.1 Å². The number of piperazine rings is 1. The van der Waals surface area contributed by atoms with E-state index in [0.29, 0.717) is 11.1 Å². The monoisotopic (exact) mass is 506 g/mol. The van der Waals surface area contributed by atoms with E-state index in [0.717, 1.165) is 71.2 Å². The summed E-state index contributed by atoms with van der Waals surface area (Å²) in [5.74, 6) is -0.112. The average molecular weight is 507 g/mol. The molecule has 0 saturated carbocycles. The van der Waals surface area contributed by atoms with E-state index >= 15 is 0 Å². The fraction of sp³-hybridized carbons (Fsp3) is 0.233. The van der Waals surface area contributed by atoms with Crippen LogP contribution < -0.4 is 5.32 Å². The molecule has 4 aromatic rings. The first-order chi connectivity index (χ1) is 18.4.